The molecule has 111 heavy (non-hydrogen) atoms. The van der Waals surface area contributed by atoms with Crippen LogP contribution in [0.5, 0.6) is 0 Å². The summed E-state index contributed by atoms with van der Waals surface area (Å²) in [5, 5.41) is 121. The smallest absolute Gasteiger partial charge is 0.220 e. The molecule has 0 spiro atoms. The van der Waals surface area contributed by atoms with Crippen molar-refractivity contribution in [2.45, 2.75) is 413 Å². The molecule has 0 aromatic carbocycles. The van der Waals surface area contributed by atoms with E-state index in [1.807, 2.05) is 6.08 Å². The predicted octanol–water partition coefficient (Wildman–Crippen LogP) is 16.4. The SMILES string of the molecule is CC/C=C\C/C=C\C/C=C\C/C=C\C/C=C\C/C=C\C/C=C\C/C=C\CCCCCCCCCCCCCCC(=O)NC(COC1OC(CO)C(OC2OC(CO)C(OC3OC(CO)C(O)C(O)C3O)C(O)C2O)C(O)C1O)C(O)/C=C/CC/C=C/CC/C=C/CCCCCCCCCCCCCCCCCCCCC. The Morgan fingerprint density at radius 2 is 0.631 bits per heavy atom. The molecule has 1 amide bonds. The van der Waals surface area contributed by atoms with Gasteiger partial charge in [0.25, 0.3) is 0 Å². The normalized spacial score (nSPS) is 25.7. The molecule has 0 aromatic rings. The lowest BCUT2D eigenvalue weighted by Crippen LogP contribution is -2.66. The number of ether oxygens (including phenoxy) is 6. The van der Waals surface area contributed by atoms with Gasteiger partial charge in [-0.3, -0.25) is 4.79 Å². The van der Waals surface area contributed by atoms with E-state index >= 15 is 0 Å². The Kier molecular flexibility index (Phi) is 63.9. The van der Waals surface area contributed by atoms with Gasteiger partial charge in [-0.1, -0.05) is 327 Å². The Labute approximate surface area is 670 Å². The number of unbranched alkanes of at least 4 members (excludes halogenated alkanes) is 33. The van der Waals surface area contributed by atoms with E-state index in [2.05, 4.69) is 141 Å². The fraction of sp³-hybridized carbons (Fsp3) is 0.750. The fourth-order valence-corrected chi connectivity index (χ4v) is 13.9. The van der Waals surface area contributed by atoms with Gasteiger partial charge in [0.05, 0.1) is 38.6 Å². The van der Waals surface area contributed by atoms with Crippen molar-refractivity contribution in [1.82, 2.24) is 5.32 Å². The Bertz CT molecular complexity index is 2530. The summed E-state index contributed by atoms with van der Waals surface area (Å²) in [6.45, 7) is 1.62. The topological polar surface area (TPSA) is 307 Å². The summed E-state index contributed by atoms with van der Waals surface area (Å²) in [5.41, 5.74) is 0. The highest BCUT2D eigenvalue weighted by molar-refractivity contribution is 5.76. The van der Waals surface area contributed by atoms with Crippen molar-refractivity contribution in [2.24, 2.45) is 0 Å². The van der Waals surface area contributed by atoms with E-state index in [4.69, 9.17) is 28.4 Å². The summed E-state index contributed by atoms with van der Waals surface area (Å²) in [7, 11) is 0. The van der Waals surface area contributed by atoms with Crippen LogP contribution in [0.2, 0.25) is 0 Å². The third-order valence-corrected chi connectivity index (χ3v) is 20.9. The molecule has 0 bridgehead atoms. The van der Waals surface area contributed by atoms with Gasteiger partial charge in [0, 0.05) is 6.42 Å². The summed E-state index contributed by atoms with van der Waals surface area (Å²) in [4.78, 5) is 13.5. The molecule has 17 atom stereocenters. The largest absolute Gasteiger partial charge is 0.394 e. The van der Waals surface area contributed by atoms with E-state index in [-0.39, 0.29) is 18.9 Å². The lowest BCUT2D eigenvalue weighted by atomic mass is 9.96. The molecular weight excluding hydrogens is 1410 g/mol. The summed E-state index contributed by atoms with van der Waals surface area (Å²) in [6.07, 6.45) is 74.5. The van der Waals surface area contributed by atoms with Crippen LogP contribution in [0.4, 0.5) is 0 Å². The number of aliphatic hydroxyl groups is 11. The molecule has 0 saturated carbocycles. The Hall–Kier alpha value is -4.07. The molecule has 3 fully saturated rings. The van der Waals surface area contributed by atoms with Crippen LogP contribution < -0.4 is 5.32 Å². The van der Waals surface area contributed by atoms with Gasteiger partial charge in [-0.25, -0.2) is 0 Å². The number of aliphatic hydroxyl groups excluding tert-OH is 11. The molecular formula is C92H157NO18. The molecule has 17 unspecified atom stereocenters. The van der Waals surface area contributed by atoms with Gasteiger partial charge >= 0.3 is 0 Å². The Balaban J connectivity index is 1.36. The molecule has 0 aliphatic carbocycles. The van der Waals surface area contributed by atoms with Crippen LogP contribution >= 0.6 is 0 Å². The quantitative estimate of drug-likeness (QED) is 0.0199. The van der Waals surface area contributed by atoms with Gasteiger partial charge in [-0.15, -0.1) is 0 Å². The predicted molar refractivity (Wildman–Crippen MR) is 447 cm³/mol. The zero-order valence-electron chi connectivity index (χ0n) is 68.6. The standard InChI is InChI=1S/C92H157NO18/c1-3-5-7-9-11-13-15-17-19-21-23-25-27-29-31-33-34-35-36-37-38-39-40-42-44-46-48-50-52-54-56-58-60-62-64-66-68-70-80(98)93-75(76(97)69-67-65-63-61-59-57-55-53-51-49-47-45-43-41-32-30-28-26-24-22-20-18-16-14-12-10-8-6-4-2)74-106-90-86(104)83(101)88(78(72-95)108-90)111-92-87(105)84(102)89(79(73-96)109-92)110-91-85(103)82(100)81(99)77(71-94)107-91/h5,7,11,13,17,19,23,25,29,31,34-35,37-38,40,42,51,53,59,61,67,69,75-79,81-92,94-97,99-105H,3-4,6,8-10,12,14-16,18,20-22,24,26-28,30,32-33,36,39,41,43-50,52,54-58,60,62-66,68,70-74H2,1-2H3,(H,93,98)/b7-5-,13-11-,19-17-,25-23-,31-29-,35-34-,38-37-,42-40-,53-51+,61-59+,69-67+. The van der Waals surface area contributed by atoms with Crippen molar-refractivity contribution in [3.05, 3.63) is 134 Å². The maximum Gasteiger partial charge on any atom is 0.220 e. The van der Waals surface area contributed by atoms with Crippen LogP contribution in [0.3, 0.4) is 0 Å². The number of hydrogen-bond acceptors (Lipinski definition) is 18. The average Bonchev–Trinajstić information content (AvgIpc) is 0.779. The highest BCUT2D eigenvalue weighted by Crippen LogP contribution is 2.33. The summed E-state index contributed by atoms with van der Waals surface area (Å²) in [6, 6.07) is -1.01. The number of amides is 1. The monoisotopic (exact) mass is 1560 g/mol. The lowest BCUT2D eigenvalue weighted by molar-refractivity contribution is -0.379. The molecule has 638 valence electrons. The molecule has 3 saturated heterocycles. The van der Waals surface area contributed by atoms with E-state index in [9.17, 15) is 61.0 Å². The number of hydrogen-bond donors (Lipinski definition) is 12. The maximum absolute atomic E-state index is 13.5. The van der Waals surface area contributed by atoms with Crippen LogP contribution in [0.1, 0.15) is 309 Å². The third kappa shape index (κ3) is 48.9. The first-order valence-corrected chi connectivity index (χ1v) is 43.9. The Morgan fingerprint density at radius 1 is 0.333 bits per heavy atom. The second-order valence-electron chi connectivity index (χ2n) is 30.6. The molecule has 3 heterocycles. The van der Waals surface area contributed by atoms with Crippen LogP contribution in [-0.4, -0.2) is 193 Å². The fourth-order valence-electron chi connectivity index (χ4n) is 13.9. The molecule has 0 radical (unpaired) electrons. The van der Waals surface area contributed by atoms with Crippen molar-refractivity contribution < 1.29 is 89.4 Å². The number of rotatable bonds is 69. The number of nitrogens with one attached hydrogen (secondary N) is 1. The van der Waals surface area contributed by atoms with Crippen molar-refractivity contribution in [2.75, 3.05) is 26.4 Å². The van der Waals surface area contributed by atoms with E-state index in [1.165, 1.54) is 167 Å². The van der Waals surface area contributed by atoms with E-state index in [0.29, 0.717) is 12.8 Å². The lowest BCUT2D eigenvalue weighted by Gasteiger charge is -2.48. The van der Waals surface area contributed by atoms with Gasteiger partial charge in [0.2, 0.25) is 5.91 Å². The molecule has 3 aliphatic rings. The number of carbonyl (C=O) groups is 1. The van der Waals surface area contributed by atoms with Crippen LogP contribution in [-0.2, 0) is 33.2 Å². The second-order valence-corrected chi connectivity index (χ2v) is 30.6. The van der Waals surface area contributed by atoms with Crippen molar-refractivity contribution in [3.63, 3.8) is 0 Å². The zero-order chi connectivity index (χ0) is 80.3. The van der Waals surface area contributed by atoms with Gasteiger partial charge in [-0.05, 0) is 109 Å². The van der Waals surface area contributed by atoms with Gasteiger partial charge in [0.15, 0.2) is 18.9 Å². The van der Waals surface area contributed by atoms with Gasteiger partial charge < -0.3 is 89.9 Å². The van der Waals surface area contributed by atoms with Crippen LogP contribution in [0.15, 0.2) is 134 Å². The molecule has 3 rings (SSSR count). The maximum atomic E-state index is 13.5. The number of carbonyl (C=O) groups excluding carboxylic acids is 1. The van der Waals surface area contributed by atoms with Crippen LogP contribution in [0, 0.1) is 0 Å². The third-order valence-electron chi connectivity index (χ3n) is 20.9. The highest BCUT2D eigenvalue weighted by atomic mass is 16.8. The van der Waals surface area contributed by atoms with Gasteiger partial charge in [0.1, 0.15) is 73.2 Å². The summed E-state index contributed by atoms with van der Waals surface area (Å²) in [5.74, 6) is -0.294. The number of allylic oxidation sites excluding steroid dienone is 21. The minimum Gasteiger partial charge on any atom is -0.394 e. The van der Waals surface area contributed by atoms with E-state index in [0.717, 1.165) is 109 Å². The minimum atomic E-state index is -1.99. The highest BCUT2D eigenvalue weighted by Gasteiger charge is 2.54. The first-order valence-electron chi connectivity index (χ1n) is 43.9. The van der Waals surface area contributed by atoms with Crippen molar-refractivity contribution in [1.29, 1.82) is 0 Å². The van der Waals surface area contributed by atoms with E-state index in [1.54, 1.807) is 6.08 Å². The molecule has 19 nitrogen and oxygen atoms in total. The average molecular weight is 1570 g/mol. The molecule has 19 heteroatoms. The van der Waals surface area contributed by atoms with Crippen LogP contribution in [0.25, 0.3) is 0 Å². The summed E-state index contributed by atoms with van der Waals surface area (Å²) >= 11 is 0. The molecule has 12 N–H and O–H groups in total. The first kappa shape index (κ1) is 101. The first-order chi connectivity index (χ1) is 54.3. The molecule has 3 aliphatic heterocycles. The Morgan fingerprint density at radius 3 is 1.01 bits per heavy atom. The zero-order valence-corrected chi connectivity index (χ0v) is 68.6. The second kappa shape index (κ2) is 70.2. The minimum absolute atomic E-state index is 0.222. The van der Waals surface area contributed by atoms with E-state index < -0.39 is 124 Å². The molecule has 0 aromatic heterocycles. The summed E-state index contributed by atoms with van der Waals surface area (Å²) < 4.78 is 34.5. The van der Waals surface area contributed by atoms with Crippen molar-refractivity contribution in [3.8, 4) is 0 Å². The van der Waals surface area contributed by atoms with Gasteiger partial charge in [-0.2, -0.15) is 0 Å². The van der Waals surface area contributed by atoms with Crippen molar-refractivity contribution >= 4 is 5.91 Å².